The van der Waals surface area contributed by atoms with Crippen LogP contribution in [0.4, 0.5) is 26.3 Å². The molecule has 3 rings (SSSR count). The highest BCUT2D eigenvalue weighted by Crippen LogP contribution is 2.34. The molecule has 0 heterocycles. The number of carboxylic acids is 1. The average Bonchev–Trinajstić information content (AvgIpc) is 2.80. The number of alkyl halides is 6. The maximum atomic E-state index is 13.0. The van der Waals surface area contributed by atoms with Gasteiger partial charge in [-0.1, -0.05) is 30.3 Å². The van der Waals surface area contributed by atoms with Crippen molar-refractivity contribution in [3.05, 3.63) is 98.6 Å². The van der Waals surface area contributed by atoms with E-state index in [-0.39, 0.29) is 0 Å². The summed E-state index contributed by atoms with van der Waals surface area (Å²) in [6.45, 7) is -0.477. The molecule has 0 radical (unpaired) electrons. The van der Waals surface area contributed by atoms with Gasteiger partial charge in [0.05, 0.1) is 14.7 Å². The van der Waals surface area contributed by atoms with Crippen LogP contribution < -0.4 is 4.74 Å². The zero-order valence-corrected chi connectivity index (χ0v) is 21.1. The van der Waals surface area contributed by atoms with Crippen molar-refractivity contribution in [2.45, 2.75) is 17.2 Å². The highest BCUT2D eigenvalue weighted by molar-refractivity contribution is 14.1. The molecule has 3 aromatic carbocycles. The fraction of sp³-hybridized carbons (Fsp3) is 0.160. The first-order valence-corrected chi connectivity index (χ1v) is 12.2. The lowest BCUT2D eigenvalue weighted by molar-refractivity contribution is -0.139. The molecule has 0 aliphatic heterocycles. The predicted molar refractivity (Wildman–Crippen MR) is 133 cm³/mol. The van der Waals surface area contributed by atoms with E-state index in [1.54, 1.807) is 24.3 Å². The van der Waals surface area contributed by atoms with E-state index in [1.807, 2.05) is 22.6 Å². The molecule has 0 fully saturated rings. The van der Waals surface area contributed by atoms with Crippen LogP contribution in [0.2, 0.25) is 0 Å². The molecule has 0 bridgehead atoms. The normalized spacial score (nSPS) is 11.8. The number of ether oxygens (including phenoxy) is 1. The van der Waals surface area contributed by atoms with E-state index in [9.17, 15) is 31.1 Å². The van der Waals surface area contributed by atoms with Crippen molar-refractivity contribution in [1.82, 2.24) is 0 Å². The zero-order valence-electron chi connectivity index (χ0n) is 18.2. The van der Waals surface area contributed by atoms with Crippen molar-refractivity contribution in [1.29, 1.82) is 0 Å². The third-order valence-corrected chi connectivity index (χ3v) is 6.60. The highest BCUT2D eigenvalue weighted by Gasteiger charge is 2.31. The smallest absolute Gasteiger partial charge is 0.416 e. The molecule has 190 valence electrons. The molecule has 3 nitrogen and oxygen atoms in total. The minimum absolute atomic E-state index is 0.364. The van der Waals surface area contributed by atoms with Crippen LogP contribution in [0.5, 0.6) is 5.75 Å². The van der Waals surface area contributed by atoms with Crippen molar-refractivity contribution in [2.75, 3.05) is 12.4 Å². The molecule has 0 atom stereocenters. The number of hydrogen-bond donors (Lipinski definition) is 1. The van der Waals surface area contributed by atoms with Crippen LogP contribution in [0.3, 0.4) is 0 Å². The summed E-state index contributed by atoms with van der Waals surface area (Å²) in [5, 5.41) is 8.74. The van der Waals surface area contributed by atoms with E-state index < -0.39 is 36.1 Å². The van der Waals surface area contributed by atoms with E-state index in [0.29, 0.717) is 31.8 Å². The van der Waals surface area contributed by atoms with Crippen molar-refractivity contribution in [3.8, 4) is 5.75 Å². The van der Waals surface area contributed by atoms with Gasteiger partial charge in [-0.15, -0.1) is 11.8 Å². The molecule has 11 heteroatoms. The van der Waals surface area contributed by atoms with Gasteiger partial charge in [0.25, 0.3) is 0 Å². The number of hydrogen-bond acceptors (Lipinski definition) is 3. The fourth-order valence-corrected chi connectivity index (χ4v) is 4.82. The van der Waals surface area contributed by atoms with Crippen molar-refractivity contribution in [3.63, 3.8) is 0 Å². The van der Waals surface area contributed by atoms with E-state index in [4.69, 9.17) is 9.84 Å². The number of benzene rings is 3. The summed E-state index contributed by atoms with van der Waals surface area (Å²) in [6, 6.07) is 14.0. The summed E-state index contributed by atoms with van der Waals surface area (Å²) in [4.78, 5) is 11.5. The van der Waals surface area contributed by atoms with E-state index in [2.05, 4.69) is 0 Å². The Morgan fingerprint density at radius 1 is 0.861 bits per heavy atom. The van der Waals surface area contributed by atoms with E-state index in [1.165, 1.54) is 36.0 Å². The Kier molecular flexibility index (Phi) is 8.98. The van der Waals surface area contributed by atoms with E-state index in [0.717, 1.165) is 29.2 Å². The molecule has 0 saturated carbocycles. The molecule has 1 N–H and O–H groups in total. The van der Waals surface area contributed by atoms with Crippen LogP contribution in [-0.2, 0) is 17.1 Å². The first-order chi connectivity index (χ1) is 16.8. The van der Waals surface area contributed by atoms with Crippen molar-refractivity contribution in [2.24, 2.45) is 0 Å². The highest BCUT2D eigenvalue weighted by atomic mass is 127. The second-order valence-electron chi connectivity index (χ2n) is 7.35. The lowest BCUT2D eigenvalue weighted by Crippen LogP contribution is -2.10. The Bertz CT molecular complexity index is 1180. The third-order valence-electron chi connectivity index (χ3n) is 4.84. The summed E-state index contributed by atoms with van der Waals surface area (Å²) >= 11 is 3.39. The van der Waals surface area contributed by atoms with Crippen LogP contribution in [0, 0.1) is 3.57 Å². The van der Waals surface area contributed by atoms with Gasteiger partial charge >= 0.3 is 18.3 Å². The largest absolute Gasteiger partial charge is 0.481 e. The summed E-state index contributed by atoms with van der Waals surface area (Å²) in [5.41, 5.74) is -0.314. The third kappa shape index (κ3) is 7.66. The monoisotopic (exact) mass is 638 g/mol. The number of rotatable bonds is 8. The van der Waals surface area contributed by atoms with Gasteiger partial charge in [-0.25, -0.2) is 4.79 Å². The van der Waals surface area contributed by atoms with Gasteiger partial charge in [-0.2, -0.15) is 26.3 Å². The molecule has 0 amide bonds. The molecule has 36 heavy (non-hydrogen) atoms. The van der Waals surface area contributed by atoms with Gasteiger partial charge in [-0.3, -0.25) is 0 Å². The lowest BCUT2D eigenvalue weighted by atomic mass is 9.96. The minimum Gasteiger partial charge on any atom is -0.481 e. The summed E-state index contributed by atoms with van der Waals surface area (Å²) in [7, 11) is 0. The molecule has 3 aromatic rings. The molecule has 0 unspecified atom stereocenters. The van der Waals surface area contributed by atoms with E-state index >= 15 is 0 Å². The van der Waals surface area contributed by atoms with Crippen LogP contribution >= 0.6 is 34.4 Å². The zero-order chi connectivity index (χ0) is 26.5. The molecular formula is C25H17F6IO3S. The van der Waals surface area contributed by atoms with Gasteiger partial charge in [0.2, 0.25) is 0 Å². The van der Waals surface area contributed by atoms with Gasteiger partial charge < -0.3 is 9.84 Å². The van der Waals surface area contributed by atoms with Gasteiger partial charge in [0, 0.05) is 10.6 Å². The lowest BCUT2D eigenvalue weighted by Gasteiger charge is -2.13. The van der Waals surface area contributed by atoms with Crippen molar-refractivity contribution < 1.29 is 41.0 Å². The summed E-state index contributed by atoms with van der Waals surface area (Å²) < 4.78 is 83.7. The van der Waals surface area contributed by atoms with Crippen LogP contribution in [0.25, 0.3) is 5.57 Å². The topological polar surface area (TPSA) is 46.5 Å². The number of carboxylic acid groups (broad SMARTS) is 1. The second kappa shape index (κ2) is 11.6. The first kappa shape index (κ1) is 27.9. The van der Waals surface area contributed by atoms with Crippen molar-refractivity contribution >= 4 is 45.9 Å². The Labute approximate surface area is 220 Å². The summed E-state index contributed by atoms with van der Waals surface area (Å²) in [6.07, 6.45) is -7.29. The maximum Gasteiger partial charge on any atom is 0.416 e. The summed E-state index contributed by atoms with van der Waals surface area (Å²) in [5.74, 6) is -0.329. The molecule has 0 saturated heterocycles. The SMILES string of the molecule is O=C(O)COc1ccc(SCC=C(c2ccc(C(F)(F)F)cc2)c2ccc(C(F)(F)F)cc2)cc1I. The van der Waals surface area contributed by atoms with Crippen LogP contribution in [-0.4, -0.2) is 23.4 Å². The standard InChI is InChI=1S/C25H17F6IO3S/c26-24(27,28)17-5-1-15(2-6-17)20(16-3-7-18(8-4-16)25(29,30)31)11-12-36-19-9-10-22(21(32)13-19)35-14-23(33)34/h1-11,13H,12,14H2,(H,33,34). The predicted octanol–water partition coefficient (Wildman–Crippen LogP) is 8.02. The number of thioether (sulfide) groups is 1. The van der Waals surface area contributed by atoms with Gasteiger partial charge in [-0.05, 0) is 81.8 Å². The number of halogens is 7. The number of carbonyl (C=O) groups is 1. The fourth-order valence-electron chi connectivity index (χ4n) is 3.13. The quantitative estimate of drug-likeness (QED) is 0.154. The molecule has 0 aliphatic rings. The van der Waals surface area contributed by atoms with Gasteiger partial charge in [0.15, 0.2) is 6.61 Å². The molecule has 0 aromatic heterocycles. The number of aliphatic carboxylic acids is 1. The minimum atomic E-state index is -4.51. The Morgan fingerprint density at radius 2 is 1.36 bits per heavy atom. The first-order valence-electron chi connectivity index (χ1n) is 10.2. The Morgan fingerprint density at radius 3 is 1.78 bits per heavy atom. The molecular weight excluding hydrogens is 621 g/mol. The van der Waals surface area contributed by atoms with Crippen LogP contribution in [0.1, 0.15) is 22.3 Å². The van der Waals surface area contributed by atoms with Crippen LogP contribution in [0.15, 0.2) is 77.7 Å². The Hall–Kier alpha value is -2.67. The molecule has 0 aliphatic carbocycles. The molecule has 0 spiro atoms. The van der Waals surface area contributed by atoms with Gasteiger partial charge in [0.1, 0.15) is 5.75 Å². The second-order valence-corrected chi connectivity index (χ2v) is 9.61. The average molecular weight is 638 g/mol. The maximum absolute atomic E-state index is 13.0. The Balaban J connectivity index is 1.86.